The molecule has 1 aromatic rings. The number of piperidine rings is 1. The molecule has 3 nitrogen and oxygen atoms in total. The second-order valence-electron chi connectivity index (χ2n) is 6.61. The summed E-state index contributed by atoms with van der Waals surface area (Å²) >= 11 is 0. The predicted octanol–water partition coefficient (Wildman–Crippen LogP) is 3.82. The van der Waals surface area contributed by atoms with Crippen LogP contribution in [0.5, 0.6) is 0 Å². The van der Waals surface area contributed by atoms with Crippen molar-refractivity contribution in [2.75, 3.05) is 13.1 Å². The number of likely N-dealkylation sites (tertiary alicyclic amines) is 1. The minimum absolute atomic E-state index is 0. The minimum Gasteiger partial charge on any atom is -0.481 e. The summed E-state index contributed by atoms with van der Waals surface area (Å²) in [5.74, 6) is -5.33. The highest BCUT2D eigenvalue weighted by molar-refractivity contribution is 5.85. The SMILES string of the molecule is Cl.O=C(O)C12CCCCC(CN(Cc3ccccc3)C1)C2(F)F. The first-order valence-corrected chi connectivity index (χ1v) is 7.83. The fourth-order valence-electron chi connectivity index (χ4n) is 3.98. The molecule has 2 fully saturated rings. The molecule has 0 aromatic heterocycles. The zero-order valence-corrected chi connectivity index (χ0v) is 13.7. The first-order valence-electron chi connectivity index (χ1n) is 7.83. The number of carbonyl (C=O) groups is 1. The van der Waals surface area contributed by atoms with Gasteiger partial charge in [0, 0.05) is 25.6 Å². The van der Waals surface area contributed by atoms with Gasteiger partial charge in [-0.1, -0.05) is 43.2 Å². The van der Waals surface area contributed by atoms with E-state index in [9.17, 15) is 18.7 Å². The number of carboxylic acid groups (broad SMARTS) is 1. The number of nitrogens with zero attached hydrogens (tertiary/aromatic N) is 1. The molecule has 6 heteroatoms. The van der Waals surface area contributed by atoms with Crippen molar-refractivity contribution in [2.24, 2.45) is 11.3 Å². The molecule has 1 N–H and O–H groups in total. The van der Waals surface area contributed by atoms with Gasteiger partial charge in [0.2, 0.25) is 0 Å². The molecule has 1 aromatic carbocycles. The summed E-state index contributed by atoms with van der Waals surface area (Å²) in [6.07, 6.45) is 1.73. The molecule has 2 bridgehead atoms. The fraction of sp³-hybridized carbons (Fsp3) is 0.588. The maximum Gasteiger partial charge on any atom is 0.317 e. The van der Waals surface area contributed by atoms with Crippen LogP contribution in [0.2, 0.25) is 0 Å². The largest absolute Gasteiger partial charge is 0.481 e. The molecule has 1 aliphatic heterocycles. The van der Waals surface area contributed by atoms with Crippen molar-refractivity contribution in [3.8, 4) is 0 Å². The van der Waals surface area contributed by atoms with Crippen LogP contribution in [0.25, 0.3) is 0 Å². The lowest BCUT2D eigenvalue weighted by Gasteiger charge is -2.48. The van der Waals surface area contributed by atoms with Crippen LogP contribution < -0.4 is 0 Å². The second kappa shape index (κ2) is 6.73. The predicted molar refractivity (Wildman–Crippen MR) is 85.9 cm³/mol. The van der Waals surface area contributed by atoms with Gasteiger partial charge in [-0.15, -0.1) is 12.4 Å². The summed E-state index contributed by atoms with van der Waals surface area (Å²) < 4.78 is 29.6. The number of hydrogen-bond acceptors (Lipinski definition) is 2. The van der Waals surface area contributed by atoms with Crippen molar-refractivity contribution < 1.29 is 18.7 Å². The Hall–Kier alpha value is -1.20. The summed E-state index contributed by atoms with van der Waals surface area (Å²) in [6.45, 7) is 0.736. The molecule has 23 heavy (non-hydrogen) atoms. The molecule has 3 rings (SSSR count). The number of carboxylic acids is 1. The van der Waals surface area contributed by atoms with E-state index in [0.29, 0.717) is 25.8 Å². The summed E-state index contributed by atoms with van der Waals surface area (Å²) in [6, 6.07) is 9.63. The van der Waals surface area contributed by atoms with Crippen LogP contribution in [-0.2, 0) is 11.3 Å². The monoisotopic (exact) mass is 345 g/mol. The molecule has 128 valence electrons. The smallest absolute Gasteiger partial charge is 0.317 e. The van der Waals surface area contributed by atoms with Crippen molar-refractivity contribution in [1.29, 1.82) is 0 Å². The lowest BCUT2D eigenvalue weighted by molar-refractivity contribution is -0.218. The average molecular weight is 346 g/mol. The fourth-order valence-corrected chi connectivity index (χ4v) is 3.98. The topological polar surface area (TPSA) is 40.5 Å². The van der Waals surface area contributed by atoms with E-state index in [1.165, 1.54) is 0 Å². The van der Waals surface area contributed by atoms with Gasteiger partial charge in [0.15, 0.2) is 0 Å². The van der Waals surface area contributed by atoms with E-state index in [2.05, 4.69) is 0 Å². The third-order valence-electron chi connectivity index (χ3n) is 5.19. The highest BCUT2D eigenvalue weighted by Crippen LogP contribution is 2.53. The van der Waals surface area contributed by atoms with Crippen LogP contribution in [0.4, 0.5) is 8.78 Å². The number of fused-ring (bicyclic) bond motifs is 2. The maximum atomic E-state index is 14.8. The van der Waals surface area contributed by atoms with E-state index in [0.717, 1.165) is 5.56 Å². The Labute approximate surface area is 141 Å². The van der Waals surface area contributed by atoms with Crippen molar-refractivity contribution in [2.45, 2.75) is 38.2 Å². The van der Waals surface area contributed by atoms with Gasteiger partial charge >= 0.3 is 5.97 Å². The second-order valence-corrected chi connectivity index (χ2v) is 6.61. The van der Waals surface area contributed by atoms with Crippen LogP contribution in [-0.4, -0.2) is 35.0 Å². The van der Waals surface area contributed by atoms with E-state index >= 15 is 0 Å². The van der Waals surface area contributed by atoms with Gasteiger partial charge in [-0.25, -0.2) is 8.78 Å². The summed E-state index contributed by atoms with van der Waals surface area (Å²) in [7, 11) is 0. The Morgan fingerprint density at radius 2 is 1.96 bits per heavy atom. The first-order chi connectivity index (χ1) is 10.5. The highest BCUT2D eigenvalue weighted by atomic mass is 35.5. The van der Waals surface area contributed by atoms with Crippen LogP contribution in [0.15, 0.2) is 30.3 Å². The third-order valence-corrected chi connectivity index (χ3v) is 5.19. The Balaban J connectivity index is 0.00000192. The number of rotatable bonds is 3. The van der Waals surface area contributed by atoms with Crippen molar-refractivity contribution in [3.63, 3.8) is 0 Å². The molecule has 1 saturated heterocycles. The maximum absolute atomic E-state index is 14.8. The molecular weight excluding hydrogens is 324 g/mol. The summed E-state index contributed by atoms with van der Waals surface area (Å²) in [4.78, 5) is 13.6. The quantitative estimate of drug-likeness (QED) is 0.905. The Kier molecular flexibility index (Phi) is 5.31. The minimum atomic E-state index is -3.12. The lowest BCUT2D eigenvalue weighted by atomic mass is 9.70. The van der Waals surface area contributed by atoms with Crippen LogP contribution in [0.1, 0.15) is 31.2 Å². The van der Waals surface area contributed by atoms with Gasteiger partial charge in [-0.3, -0.25) is 9.69 Å². The van der Waals surface area contributed by atoms with Crippen molar-refractivity contribution in [1.82, 2.24) is 4.90 Å². The summed E-state index contributed by atoms with van der Waals surface area (Å²) in [5, 5.41) is 9.58. The van der Waals surface area contributed by atoms with Crippen molar-refractivity contribution in [3.05, 3.63) is 35.9 Å². The molecule has 2 aliphatic rings. The Morgan fingerprint density at radius 1 is 1.26 bits per heavy atom. The first kappa shape index (κ1) is 18.1. The van der Waals surface area contributed by atoms with Crippen LogP contribution in [0.3, 0.4) is 0 Å². The average Bonchev–Trinajstić information content (AvgIpc) is 2.55. The van der Waals surface area contributed by atoms with E-state index in [4.69, 9.17) is 0 Å². The lowest BCUT2D eigenvalue weighted by Crippen LogP contribution is -2.63. The van der Waals surface area contributed by atoms with Gasteiger partial charge in [-0.2, -0.15) is 0 Å². The Bertz CT molecular complexity index is 555. The van der Waals surface area contributed by atoms with Gasteiger partial charge in [0.25, 0.3) is 5.92 Å². The molecule has 0 amide bonds. The molecule has 1 saturated carbocycles. The number of hydrogen-bond donors (Lipinski definition) is 1. The normalized spacial score (nSPS) is 30.1. The standard InChI is InChI=1S/C17H21F2NO2.ClH/c18-17(19)14-8-4-5-9-16(17,15(21)22)12-20(11-14)10-13-6-2-1-3-7-13;/h1-3,6-7,14H,4-5,8-12H2,(H,21,22);1H. The van der Waals surface area contributed by atoms with E-state index in [1.54, 1.807) is 0 Å². The van der Waals surface area contributed by atoms with Crippen LogP contribution >= 0.6 is 12.4 Å². The molecule has 1 heterocycles. The van der Waals surface area contributed by atoms with E-state index < -0.39 is 23.2 Å². The third kappa shape index (κ3) is 3.09. The van der Waals surface area contributed by atoms with Crippen LogP contribution in [0, 0.1) is 11.3 Å². The molecule has 2 atom stereocenters. The highest BCUT2D eigenvalue weighted by Gasteiger charge is 2.66. The van der Waals surface area contributed by atoms with E-state index in [1.807, 2.05) is 35.2 Å². The number of alkyl halides is 2. The molecular formula is C17H22ClF2NO2. The number of halogens is 3. The van der Waals surface area contributed by atoms with Gasteiger partial charge in [0.1, 0.15) is 5.41 Å². The van der Waals surface area contributed by atoms with Gasteiger partial charge < -0.3 is 5.11 Å². The summed E-state index contributed by atoms with van der Waals surface area (Å²) in [5.41, 5.74) is -0.897. The van der Waals surface area contributed by atoms with Crippen molar-refractivity contribution >= 4 is 18.4 Å². The zero-order valence-electron chi connectivity index (χ0n) is 12.9. The van der Waals surface area contributed by atoms with Gasteiger partial charge in [0.05, 0.1) is 0 Å². The number of benzene rings is 1. The molecule has 0 spiro atoms. The molecule has 1 aliphatic carbocycles. The number of aliphatic carboxylic acids is 1. The molecule has 0 radical (unpaired) electrons. The molecule has 2 unspecified atom stereocenters. The van der Waals surface area contributed by atoms with Gasteiger partial charge in [-0.05, 0) is 18.4 Å². The van der Waals surface area contributed by atoms with E-state index in [-0.39, 0.29) is 31.9 Å². The zero-order chi connectivity index (χ0) is 15.8. The Morgan fingerprint density at radius 3 is 2.61 bits per heavy atom.